The normalized spacial score (nSPS) is 15.3. The van der Waals surface area contributed by atoms with E-state index in [1.807, 2.05) is 54.6 Å². The molecule has 0 N–H and O–H groups in total. The van der Waals surface area contributed by atoms with Gasteiger partial charge < -0.3 is 9.47 Å². The van der Waals surface area contributed by atoms with E-state index in [9.17, 15) is 4.79 Å². The molecule has 0 saturated carbocycles. The molecule has 122 valence electrons. The first-order valence-electron chi connectivity index (χ1n) is 8.02. The summed E-state index contributed by atoms with van der Waals surface area (Å²) in [5.74, 6) is 0.984. The van der Waals surface area contributed by atoms with Crippen LogP contribution in [0.2, 0.25) is 0 Å². The van der Waals surface area contributed by atoms with Crippen LogP contribution in [-0.4, -0.2) is 13.1 Å². The fourth-order valence-corrected chi connectivity index (χ4v) is 2.93. The van der Waals surface area contributed by atoms with Crippen molar-refractivity contribution in [2.45, 2.75) is 0 Å². The van der Waals surface area contributed by atoms with Crippen LogP contribution in [0.1, 0.15) is 11.1 Å². The third-order valence-electron chi connectivity index (χ3n) is 4.23. The van der Waals surface area contributed by atoms with E-state index in [-0.39, 0.29) is 5.97 Å². The van der Waals surface area contributed by atoms with Gasteiger partial charge in [-0.25, -0.2) is 4.79 Å². The number of cyclic esters (lactones) is 1. The zero-order valence-corrected chi connectivity index (χ0v) is 13.7. The molecule has 4 rings (SSSR count). The first-order valence-corrected chi connectivity index (χ1v) is 8.02. The standard InChI is InChI=1S/C22H16O3/c1-24-19-11-9-16(10-12-19)21-14-18(22(23)25-21)13-17-7-4-6-15-5-2-3-8-20(15)17/h2-14H,1H3/b18-13-. The van der Waals surface area contributed by atoms with Crippen LogP contribution in [0.4, 0.5) is 0 Å². The second-order valence-corrected chi connectivity index (χ2v) is 5.79. The van der Waals surface area contributed by atoms with Crippen LogP contribution >= 0.6 is 0 Å². The molecule has 0 saturated heterocycles. The first kappa shape index (κ1) is 15.2. The summed E-state index contributed by atoms with van der Waals surface area (Å²) in [5.41, 5.74) is 2.38. The Balaban J connectivity index is 1.73. The number of fused-ring (bicyclic) bond motifs is 1. The second kappa shape index (κ2) is 6.29. The van der Waals surface area contributed by atoms with Gasteiger partial charge in [0, 0.05) is 5.56 Å². The summed E-state index contributed by atoms with van der Waals surface area (Å²) in [6, 6.07) is 21.6. The summed E-state index contributed by atoms with van der Waals surface area (Å²) in [5, 5.41) is 2.25. The van der Waals surface area contributed by atoms with Crippen LogP contribution in [0.5, 0.6) is 5.75 Å². The maximum atomic E-state index is 12.3. The molecule has 0 fully saturated rings. The van der Waals surface area contributed by atoms with E-state index in [0.29, 0.717) is 11.3 Å². The molecule has 0 aromatic heterocycles. The molecular weight excluding hydrogens is 312 g/mol. The fourth-order valence-electron chi connectivity index (χ4n) is 2.93. The Morgan fingerprint density at radius 3 is 2.48 bits per heavy atom. The third-order valence-corrected chi connectivity index (χ3v) is 4.23. The highest BCUT2D eigenvalue weighted by molar-refractivity contribution is 6.06. The Bertz CT molecular complexity index is 1010. The van der Waals surface area contributed by atoms with Gasteiger partial charge in [0.05, 0.1) is 12.7 Å². The number of hydrogen-bond donors (Lipinski definition) is 0. The van der Waals surface area contributed by atoms with E-state index >= 15 is 0 Å². The number of esters is 1. The highest BCUT2D eigenvalue weighted by Crippen LogP contribution is 2.30. The summed E-state index contributed by atoms with van der Waals surface area (Å²) in [7, 11) is 1.62. The van der Waals surface area contributed by atoms with Gasteiger partial charge in [-0.3, -0.25) is 0 Å². The molecule has 1 aliphatic heterocycles. The van der Waals surface area contributed by atoms with Crippen molar-refractivity contribution in [2.24, 2.45) is 0 Å². The molecule has 0 spiro atoms. The third kappa shape index (κ3) is 2.92. The molecule has 0 unspecified atom stereocenters. The van der Waals surface area contributed by atoms with Crippen molar-refractivity contribution in [2.75, 3.05) is 7.11 Å². The molecule has 25 heavy (non-hydrogen) atoms. The lowest BCUT2D eigenvalue weighted by atomic mass is 10.0. The lowest BCUT2D eigenvalue weighted by Crippen LogP contribution is -1.97. The molecule has 3 aromatic rings. The zero-order chi connectivity index (χ0) is 17.2. The highest BCUT2D eigenvalue weighted by Gasteiger charge is 2.22. The Hall–Kier alpha value is -3.33. The van der Waals surface area contributed by atoms with Gasteiger partial charge in [-0.05, 0) is 52.8 Å². The van der Waals surface area contributed by atoms with Crippen LogP contribution in [0.15, 0.2) is 78.4 Å². The number of ether oxygens (including phenoxy) is 2. The number of carbonyl (C=O) groups is 1. The molecule has 1 aliphatic rings. The minimum Gasteiger partial charge on any atom is -0.497 e. The number of carbonyl (C=O) groups excluding carboxylic acids is 1. The molecule has 0 aliphatic carbocycles. The maximum Gasteiger partial charge on any atom is 0.343 e. The van der Waals surface area contributed by atoms with Gasteiger partial charge in [-0.2, -0.15) is 0 Å². The van der Waals surface area contributed by atoms with Gasteiger partial charge in [0.1, 0.15) is 11.5 Å². The average molecular weight is 328 g/mol. The minimum absolute atomic E-state index is 0.334. The monoisotopic (exact) mass is 328 g/mol. The number of methoxy groups -OCH3 is 1. The first-order chi connectivity index (χ1) is 12.2. The lowest BCUT2D eigenvalue weighted by Gasteiger charge is -2.03. The predicted molar refractivity (Wildman–Crippen MR) is 99.0 cm³/mol. The molecule has 0 radical (unpaired) electrons. The predicted octanol–water partition coefficient (Wildman–Crippen LogP) is 4.83. The van der Waals surface area contributed by atoms with Crippen molar-refractivity contribution in [1.29, 1.82) is 0 Å². The Labute approximate surface area is 145 Å². The summed E-state index contributed by atoms with van der Waals surface area (Å²) in [6.45, 7) is 0. The van der Waals surface area contributed by atoms with Gasteiger partial charge in [0.15, 0.2) is 0 Å². The lowest BCUT2D eigenvalue weighted by molar-refractivity contribution is -0.130. The Kier molecular flexibility index (Phi) is 3.82. The average Bonchev–Trinajstić information content (AvgIpc) is 3.03. The Morgan fingerprint density at radius 2 is 1.68 bits per heavy atom. The Morgan fingerprint density at radius 1 is 0.920 bits per heavy atom. The van der Waals surface area contributed by atoms with Gasteiger partial charge >= 0.3 is 5.97 Å². The summed E-state index contributed by atoms with van der Waals surface area (Å²) < 4.78 is 10.6. The van der Waals surface area contributed by atoms with E-state index in [1.54, 1.807) is 13.2 Å². The van der Waals surface area contributed by atoms with E-state index in [0.717, 1.165) is 27.6 Å². The van der Waals surface area contributed by atoms with E-state index < -0.39 is 0 Å². The second-order valence-electron chi connectivity index (χ2n) is 5.79. The van der Waals surface area contributed by atoms with Crippen LogP contribution < -0.4 is 4.74 Å². The van der Waals surface area contributed by atoms with Crippen molar-refractivity contribution >= 4 is 28.6 Å². The minimum atomic E-state index is -0.334. The molecule has 3 aromatic carbocycles. The van der Waals surface area contributed by atoms with Crippen molar-refractivity contribution in [1.82, 2.24) is 0 Å². The van der Waals surface area contributed by atoms with Crippen molar-refractivity contribution in [3.63, 3.8) is 0 Å². The van der Waals surface area contributed by atoms with Gasteiger partial charge in [0.25, 0.3) is 0 Å². The van der Waals surface area contributed by atoms with Gasteiger partial charge in [-0.15, -0.1) is 0 Å². The van der Waals surface area contributed by atoms with Crippen LogP contribution in [0.3, 0.4) is 0 Å². The molecule has 1 heterocycles. The molecule has 0 amide bonds. The van der Waals surface area contributed by atoms with E-state index in [4.69, 9.17) is 9.47 Å². The van der Waals surface area contributed by atoms with Crippen LogP contribution in [0.25, 0.3) is 22.6 Å². The summed E-state index contributed by atoms with van der Waals surface area (Å²) in [6.07, 6.45) is 3.66. The molecule has 3 nitrogen and oxygen atoms in total. The van der Waals surface area contributed by atoms with Crippen molar-refractivity contribution < 1.29 is 14.3 Å². The largest absolute Gasteiger partial charge is 0.497 e. The highest BCUT2D eigenvalue weighted by atomic mass is 16.5. The quantitative estimate of drug-likeness (QED) is 0.510. The van der Waals surface area contributed by atoms with Crippen molar-refractivity contribution in [3.8, 4) is 5.75 Å². The molecule has 0 bridgehead atoms. The number of hydrogen-bond acceptors (Lipinski definition) is 3. The molecular formula is C22H16O3. The number of benzene rings is 3. The molecule has 3 heteroatoms. The smallest absolute Gasteiger partial charge is 0.343 e. The SMILES string of the molecule is COc1ccc(C2=C/C(=C/c3cccc4ccccc34)C(=O)O2)cc1. The van der Waals surface area contributed by atoms with E-state index in [2.05, 4.69) is 18.2 Å². The summed E-state index contributed by atoms with van der Waals surface area (Å²) in [4.78, 5) is 12.3. The van der Waals surface area contributed by atoms with Crippen molar-refractivity contribution in [3.05, 3.63) is 89.5 Å². The van der Waals surface area contributed by atoms with Crippen LogP contribution in [-0.2, 0) is 9.53 Å². The fraction of sp³-hybridized carbons (Fsp3) is 0.0455. The molecule has 0 atom stereocenters. The zero-order valence-electron chi connectivity index (χ0n) is 13.7. The topological polar surface area (TPSA) is 35.5 Å². The summed E-state index contributed by atoms with van der Waals surface area (Å²) >= 11 is 0. The maximum absolute atomic E-state index is 12.3. The van der Waals surface area contributed by atoms with Crippen LogP contribution in [0, 0.1) is 0 Å². The van der Waals surface area contributed by atoms with Gasteiger partial charge in [0.2, 0.25) is 0 Å². The van der Waals surface area contributed by atoms with E-state index in [1.165, 1.54) is 0 Å². The van der Waals surface area contributed by atoms with Gasteiger partial charge in [-0.1, -0.05) is 42.5 Å². The number of rotatable bonds is 3.